The number of benzene rings is 1. The molecule has 0 spiro atoms. The molecule has 1 aromatic rings. The van der Waals surface area contributed by atoms with Gasteiger partial charge in [-0.2, -0.15) is 5.26 Å². The standard InChI is InChI=1S/C12H15IN2O/c1-7-11(15-8(2)9(3)16)5-4-10(6-14)12(7)13/h4-5,8-9,15-16H,1-3H3/t8-,9-/m0/s1. The molecule has 0 saturated heterocycles. The summed E-state index contributed by atoms with van der Waals surface area (Å²) < 4.78 is 0.961. The van der Waals surface area contributed by atoms with Gasteiger partial charge < -0.3 is 10.4 Å². The molecule has 1 rings (SSSR count). The van der Waals surface area contributed by atoms with Crippen molar-refractivity contribution in [2.45, 2.75) is 32.9 Å². The maximum Gasteiger partial charge on any atom is 0.100 e. The van der Waals surface area contributed by atoms with Crippen LogP contribution in [0.25, 0.3) is 0 Å². The summed E-state index contributed by atoms with van der Waals surface area (Å²) in [6, 6.07) is 5.82. The lowest BCUT2D eigenvalue weighted by molar-refractivity contribution is 0.178. The number of anilines is 1. The first-order valence-corrected chi connectivity index (χ1v) is 6.19. The second-order valence-electron chi connectivity index (χ2n) is 3.89. The van der Waals surface area contributed by atoms with E-state index in [4.69, 9.17) is 5.26 Å². The Labute approximate surface area is 110 Å². The summed E-state index contributed by atoms with van der Waals surface area (Å²) in [5.41, 5.74) is 2.71. The van der Waals surface area contributed by atoms with Gasteiger partial charge in [0.25, 0.3) is 0 Å². The SMILES string of the molecule is Cc1c(N[C@@H](C)[C@H](C)O)ccc(C#N)c1I. The van der Waals surface area contributed by atoms with Crippen LogP contribution in [-0.4, -0.2) is 17.3 Å². The normalized spacial score (nSPS) is 14.0. The molecular formula is C12H15IN2O. The molecule has 0 saturated carbocycles. The first kappa shape index (κ1) is 13.3. The zero-order valence-corrected chi connectivity index (χ0v) is 11.7. The maximum atomic E-state index is 9.43. The Kier molecular flexibility index (Phi) is 4.56. The molecule has 0 aromatic heterocycles. The molecule has 0 radical (unpaired) electrons. The molecule has 0 heterocycles. The van der Waals surface area contributed by atoms with Crippen LogP contribution in [0, 0.1) is 21.8 Å². The molecule has 2 N–H and O–H groups in total. The van der Waals surface area contributed by atoms with Crippen molar-refractivity contribution < 1.29 is 5.11 Å². The third kappa shape index (κ3) is 2.86. The Balaban J connectivity index is 3.00. The van der Waals surface area contributed by atoms with Crippen LogP contribution in [-0.2, 0) is 0 Å². The van der Waals surface area contributed by atoms with E-state index in [-0.39, 0.29) is 6.04 Å². The molecule has 0 amide bonds. The smallest absolute Gasteiger partial charge is 0.100 e. The highest BCUT2D eigenvalue weighted by Crippen LogP contribution is 2.24. The largest absolute Gasteiger partial charge is 0.391 e. The molecule has 0 aliphatic carbocycles. The number of nitrogens with zero attached hydrogens (tertiary/aromatic N) is 1. The number of nitriles is 1. The van der Waals surface area contributed by atoms with Gasteiger partial charge in [-0.3, -0.25) is 0 Å². The van der Waals surface area contributed by atoms with Crippen molar-refractivity contribution in [2.24, 2.45) is 0 Å². The predicted molar refractivity (Wildman–Crippen MR) is 73.4 cm³/mol. The van der Waals surface area contributed by atoms with E-state index in [1.54, 1.807) is 13.0 Å². The lowest BCUT2D eigenvalue weighted by atomic mass is 10.1. The van der Waals surface area contributed by atoms with Crippen LogP contribution in [0.2, 0.25) is 0 Å². The van der Waals surface area contributed by atoms with Gasteiger partial charge in [0.2, 0.25) is 0 Å². The van der Waals surface area contributed by atoms with Crippen LogP contribution in [0.5, 0.6) is 0 Å². The molecule has 0 bridgehead atoms. The fourth-order valence-corrected chi connectivity index (χ4v) is 1.88. The van der Waals surface area contributed by atoms with E-state index in [1.807, 2.05) is 19.9 Å². The lowest BCUT2D eigenvalue weighted by Gasteiger charge is -2.20. The van der Waals surface area contributed by atoms with E-state index in [1.165, 1.54) is 0 Å². The van der Waals surface area contributed by atoms with Gasteiger partial charge in [-0.15, -0.1) is 0 Å². The number of rotatable bonds is 3. The van der Waals surface area contributed by atoms with Crippen molar-refractivity contribution in [1.29, 1.82) is 5.26 Å². The molecule has 3 nitrogen and oxygen atoms in total. The van der Waals surface area contributed by atoms with Crippen molar-refractivity contribution in [3.63, 3.8) is 0 Å². The zero-order valence-electron chi connectivity index (χ0n) is 9.58. The summed E-state index contributed by atoms with van der Waals surface area (Å²) in [6.45, 7) is 5.65. The average Bonchev–Trinajstić information content (AvgIpc) is 2.25. The first-order chi connectivity index (χ1) is 7.47. The minimum absolute atomic E-state index is 0.0116. The minimum atomic E-state index is -0.410. The molecule has 0 aliphatic heterocycles. The van der Waals surface area contributed by atoms with Gasteiger partial charge in [0.15, 0.2) is 0 Å². The number of nitrogens with one attached hydrogen (secondary N) is 1. The van der Waals surface area contributed by atoms with Gasteiger partial charge in [-0.1, -0.05) is 0 Å². The average molecular weight is 330 g/mol. The third-order valence-electron chi connectivity index (χ3n) is 2.61. The fourth-order valence-electron chi connectivity index (χ4n) is 1.29. The Bertz CT molecular complexity index is 424. The number of hydrogen-bond donors (Lipinski definition) is 2. The van der Waals surface area contributed by atoms with Gasteiger partial charge in [0.05, 0.1) is 11.7 Å². The van der Waals surface area contributed by atoms with Gasteiger partial charge in [-0.05, 0) is 61.1 Å². The Hall–Kier alpha value is -0.800. The molecule has 0 unspecified atom stereocenters. The molecule has 16 heavy (non-hydrogen) atoms. The number of halogens is 1. The van der Waals surface area contributed by atoms with Crippen molar-refractivity contribution in [2.75, 3.05) is 5.32 Å². The zero-order chi connectivity index (χ0) is 12.3. The molecule has 86 valence electrons. The summed E-state index contributed by atoms with van der Waals surface area (Å²) >= 11 is 2.17. The van der Waals surface area contributed by atoms with Crippen LogP contribution >= 0.6 is 22.6 Å². The molecule has 0 aliphatic rings. The van der Waals surface area contributed by atoms with E-state index in [2.05, 4.69) is 34.0 Å². The third-order valence-corrected chi connectivity index (χ3v) is 4.00. The topological polar surface area (TPSA) is 56.0 Å². The number of aliphatic hydroxyl groups is 1. The van der Waals surface area contributed by atoms with Crippen LogP contribution in [0.3, 0.4) is 0 Å². The van der Waals surface area contributed by atoms with Crippen LogP contribution in [0.15, 0.2) is 12.1 Å². The number of hydrogen-bond acceptors (Lipinski definition) is 3. The van der Waals surface area contributed by atoms with Gasteiger partial charge in [0, 0.05) is 15.3 Å². The Morgan fingerprint density at radius 3 is 2.56 bits per heavy atom. The second-order valence-corrected chi connectivity index (χ2v) is 4.96. The summed E-state index contributed by atoms with van der Waals surface area (Å²) in [6.07, 6.45) is -0.410. The van der Waals surface area contributed by atoms with Gasteiger partial charge in [0.1, 0.15) is 6.07 Å². The summed E-state index contributed by atoms with van der Waals surface area (Å²) in [5, 5.41) is 21.6. The van der Waals surface area contributed by atoms with E-state index in [9.17, 15) is 5.11 Å². The summed E-state index contributed by atoms with van der Waals surface area (Å²) in [5.74, 6) is 0. The predicted octanol–water partition coefficient (Wildman–Crippen LogP) is 2.65. The van der Waals surface area contributed by atoms with Crippen LogP contribution in [0.1, 0.15) is 25.0 Å². The van der Waals surface area contributed by atoms with Crippen molar-refractivity contribution in [3.05, 3.63) is 26.8 Å². The Morgan fingerprint density at radius 1 is 1.44 bits per heavy atom. The van der Waals surface area contributed by atoms with E-state index in [0.717, 1.165) is 14.8 Å². The van der Waals surface area contributed by atoms with E-state index in [0.29, 0.717) is 5.56 Å². The van der Waals surface area contributed by atoms with Gasteiger partial charge >= 0.3 is 0 Å². The van der Waals surface area contributed by atoms with Crippen LogP contribution in [0.4, 0.5) is 5.69 Å². The quantitative estimate of drug-likeness (QED) is 0.838. The highest BCUT2D eigenvalue weighted by Gasteiger charge is 2.12. The highest BCUT2D eigenvalue weighted by molar-refractivity contribution is 14.1. The van der Waals surface area contributed by atoms with Crippen molar-refractivity contribution >= 4 is 28.3 Å². The van der Waals surface area contributed by atoms with Crippen molar-refractivity contribution in [3.8, 4) is 6.07 Å². The molecule has 4 heteroatoms. The number of aliphatic hydroxyl groups excluding tert-OH is 1. The first-order valence-electron chi connectivity index (χ1n) is 5.11. The molecule has 2 atom stereocenters. The summed E-state index contributed by atoms with van der Waals surface area (Å²) in [7, 11) is 0. The summed E-state index contributed by atoms with van der Waals surface area (Å²) in [4.78, 5) is 0. The minimum Gasteiger partial charge on any atom is -0.391 e. The second kappa shape index (κ2) is 5.51. The lowest BCUT2D eigenvalue weighted by Crippen LogP contribution is -2.28. The van der Waals surface area contributed by atoms with E-state index < -0.39 is 6.10 Å². The molecule has 1 aromatic carbocycles. The van der Waals surface area contributed by atoms with E-state index >= 15 is 0 Å². The highest BCUT2D eigenvalue weighted by atomic mass is 127. The Morgan fingerprint density at radius 2 is 2.06 bits per heavy atom. The van der Waals surface area contributed by atoms with Crippen LogP contribution < -0.4 is 5.32 Å². The molecule has 0 fully saturated rings. The van der Waals surface area contributed by atoms with Crippen molar-refractivity contribution in [1.82, 2.24) is 0 Å². The monoisotopic (exact) mass is 330 g/mol. The fraction of sp³-hybridized carbons (Fsp3) is 0.417. The maximum absolute atomic E-state index is 9.43. The molecular weight excluding hydrogens is 315 g/mol. The van der Waals surface area contributed by atoms with Gasteiger partial charge in [-0.25, -0.2) is 0 Å².